The predicted octanol–water partition coefficient (Wildman–Crippen LogP) is 11.2. The van der Waals surface area contributed by atoms with E-state index in [0.29, 0.717) is 30.3 Å². The first kappa shape index (κ1) is 53.5. The number of unbranched alkanes of at least 4 members (excludes halogenated alkanes) is 14. The van der Waals surface area contributed by atoms with E-state index in [4.69, 9.17) is 22.9 Å². The lowest BCUT2D eigenvalue weighted by Gasteiger charge is -2.24. The van der Waals surface area contributed by atoms with Crippen LogP contribution in [0.15, 0.2) is 28.7 Å². The SMILES string of the molecule is CCCCC/C=C\C=C\C(=O)CCCCCCCC(=O)O[C@H](COC(=O)CCCCCCCCc1oc(CCCCC)c(C)c1C)COP(=O)(O)OCC[N+](C)(C)C. The number of hydrogen-bond acceptors (Lipinski definition) is 9. The van der Waals surface area contributed by atoms with Crippen LogP contribution in [0.1, 0.15) is 171 Å². The van der Waals surface area contributed by atoms with Gasteiger partial charge in [0, 0.05) is 32.1 Å². The van der Waals surface area contributed by atoms with Crippen molar-refractivity contribution in [3.8, 4) is 0 Å². The van der Waals surface area contributed by atoms with E-state index in [0.717, 1.165) is 88.6 Å². The Morgan fingerprint density at radius 1 is 0.690 bits per heavy atom. The lowest BCUT2D eigenvalue weighted by Crippen LogP contribution is -2.37. The number of esters is 2. The highest BCUT2D eigenvalue weighted by atomic mass is 31.2. The summed E-state index contributed by atoms with van der Waals surface area (Å²) in [6, 6.07) is 0. The van der Waals surface area contributed by atoms with Gasteiger partial charge in [0.05, 0.1) is 27.7 Å². The second-order valence-corrected chi connectivity index (χ2v) is 18.2. The third kappa shape index (κ3) is 28.8. The van der Waals surface area contributed by atoms with Gasteiger partial charge in [0.1, 0.15) is 31.3 Å². The van der Waals surface area contributed by atoms with Crippen molar-refractivity contribution in [3.63, 3.8) is 0 Å². The van der Waals surface area contributed by atoms with E-state index in [9.17, 15) is 23.8 Å². The van der Waals surface area contributed by atoms with Crippen LogP contribution < -0.4 is 0 Å². The molecule has 0 aliphatic heterocycles. The van der Waals surface area contributed by atoms with Crippen LogP contribution in [0.25, 0.3) is 0 Å². The topological polar surface area (TPSA) is 139 Å². The molecule has 0 radical (unpaired) electrons. The van der Waals surface area contributed by atoms with Crippen LogP contribution in [0.3, 0.4) is 0 Å². The second-order valence-electron chi connectivity index (χ2n) is 16.7. The van der Waals surface area contributed by atoms with Gasteiger partial charge < -0.3 is 23.3 Å². The van der Waals surface area contributed by atoms with Crippen LogP contribution in [0.2, 0.25) is 0 Å². The number of likely N-dealkylation sites (N-methyl/N-ethyl adjacent to an activating group) is 1. The summed E-state index contributed by atoms with van der Waals surface area (Å²) in [5.41, 5.74) is 2.59. The minimum atomic E-state index is -4.42. The molecule has 11 nitrogen and oxygen atoms in total. The van der Waals surface area contributed by atoms with E-state index in [1.165, 1.54) is 49.7 Å². The van der Waals surface area contributed by atoms with Crippen molar-refractivity contribution in [1.29, 1.82) is 0 Å². The molecule has 0 aromatic carbocycles. The molecule has 0 bridgehead atoms. The van der Waals surface area contributed by atoms with Gasteiger partial charge in [-0.25, -0.2) is 4.57 Å². The molecule has 12 heteroatoms. The number of ketones is 1. The van der Waals surface area contributed by atoms with Gasteiger partial charge >= 0.3 is 19.8 Å². The van der Waals surface area contributed by atoms with Crippen LogP contribution in [0, 0.1) is 13.8 Å². The van der Waals surface area contributed by atoms with Crippen LogP contribution in [-0.4, -0.2) is 80.7 Å². The maximum Gasteiger partial charge on any atom is 0.472 e. The molecule has 2 atom stereocenters. The number of rotatable bonds is 37. The van der Waals surface area contributed by atoms with Gasteiger partial charge in [-0.05, 0) is 76.0 Å². The smallest absolute Gasteiger partial charge is 0.466 e. The van der Waals surface area contributed by atoms with Gasteiger partial charge in [-0.1, -0.05) is 103 Å². The average molecular weight is 839 g/mol. The zero-order chi connectivity index (χ0) is 43.1. The van der Waals surface area contributed by atoms with Gasteiger partial charge in [0.25, 0.3) is 0 Å². The summed E-state index contributed by atoms with van der Waals surface area (Å²) >= 11 is 0. The Labute approximate surface area is 351 Å². The zero-order valence-electron chi connectivity index (χ0n) is 37.5. The lowest BCUT2D eigenvalue weighted by atomic mass is 10.0. The van der Waals surface area contributed by atoms with Gasteiger partial charge in [-0.3, -0.25) is 23.4 Å². The molecule has 1 rings (SSSR count). The first-order chi connectivity index (χ1) is 27.7. The normalized spacial score (nSPS) is 13.7. The molecule has 0 fully saturated rings. The van der Waals surface area contributed by atoms with Crippen molar-refractivity contribution in [2.75, 3.05) is 47.5 Å². The molecule has 1 N–H and O–H groups in total. The molecule has 0 aliphatic carbocycles. The number of ether oxygens (including phenoxy) is 2. The summed E-state index contributed by atoms with van der Waals surface area (Å²) in [4.78, 5) is 47.6. The Balaban J connectivity index is 2.42. The molecule has 1 unspecified atom stereocenters. The van der Waals surface area contributed by atoms with Crippen LogP contribution in [-0.2, 0) is 50.3 Å². The molecule has 0 saturated carbocycles. The summed E-state index contributed by atoms with van der Waals surface area (Å²) in [6.45, 7) is 8.47. The number of hydrogen-bond donors (Lipinski definition) is 1. The van der Waals surface area contributed by atoms with Crippen molar-refractivity contribution in [2.24, 2.45) is 0 Å². The summed E-state index contributed by atoms with van der Waals surface area (Å²) in [5.74, 6) is 1.46. The summed E-state index contributed by atoms with van der Waals surface area (Å²) in [5, 5.41) is 0. The van der Waals surface area contributed by atoms with Gasteiger partial charge in [0.2, 0.25) is 0 Å². The Kier molecular flexibility index (Phi) is 29.7. The minimum absolute atomic E-state index is 0.00149. The molecule has 0 saturated heterocycles. The maximum atomic E-state index is 12.7. The molecule has 0 aliphatic rings. The molecular weight excluding hydrogens is 757 g/mol. The fourth-order valence-electron chi connectivity index (χ4n) is 6.29. The highest BCUT2D eigenvalue weighted by Crippen LogP contribution is 2.43. The lowest BCUT2D eigenvalue weighted by molar-refractivity contribution is -0.870. The minimum Gasteiger partial charge on any atom is -0.466 e. The zero-order valence-corrected chi connectivity index (χ0v) is 38.4. The Hall–Kier alpha value is -2.56. The molecule has 58 heavy (non-hydrogen) atoms. The number of phosphoric ester groups is 1. The summed E-state index contributed by atoms with van der Waals surface area (Å²) < 4.78 is 40.5. The first-order valence-electron chi connectivity index (χ1n) is 22.4. The molecule has 1 aromatic rings. The third-order valence-electron chi connectivity index (χ3n) is 10.2. The molecule has 1 aromatic heterocycles. The third-order valence-corrected chi connectivity index (χ3v) is 11.1. The number of allylic oxidation sites excluding steroid dienone is 4. The Bertz CT molecular complexity index is 1380. The number of nitrogens with zero attached hydrogens (tertiary/aromatic N) is 1. The molecule has 334 valence electrons. The largest absolute Gasteiger partial charge is 0.472 e. The summed E-state index contributed by atoms with van der Waals surface area (Å²) in [7, 11) is 1.37. The van der Waals surface area contributed by atoms with Crippen LogP contribution in [0.5, 0.6) is 0 Å². The van der Waals surface area contributed by atoms with Crippen molar-refractivity contribution in [3.05, 3.63) is 47.0 Å². The summed E-state index contributed by atoms with van der Waals surface area (Å²) in [6.07, 6.45) is 27.3. The number of carbonyl (C=O) groups excluding carboxylic acids is 3. The van der Waals surface area contributed by atoms with Gasteiger partial charge in [-0.2, -0.15) is 0 Å². The average Bonchev–Trinajstić information content (AvgIpc) is 3.43. The van der Waals surface area contributed by atoms with Gasteiger partial charge in [-0.15, -0.1) is 0 Å². The monoisotopic (exact) mass is 839 g/mol. The molecule has 0 amide bonds. The van der Waals surface area contributed by atoms with Crippen molar-refractivity contribution < 1.29 is 51.3 Å². The van der Waals surface area contributed by atoms with Crippen molar-refractivity contribution >= 4 is 25.5 Å². The number of phosphoric acid groups is 1. The predicted molar refractivity (Wildman–Crippen MR) is 233 cm³/mol. The van der Waals surface area contributed by atoms with E-state index >= 15 is 0 Å². The first-order valence-corrected chi connectivity index (χ1v) is 23.9. The standard InChI is InChI=1S/C46H80NO10P/c1-8-10-12-13-14-18-24-29-41(48)30-25-19-17-22-28-34-46(50)56-42(38-55-58(51,52)54-36-35-47(5,6)7)37-53-45(49)33-27-21-16-15-20-26-32-44-40(4)39(3)43(57-44)31-23-11-9-2/h14,18,24,29,42H,8-13,15-17,19-23,25-28,30-38H2,1-7H3/p+1/b18-14-,29-24+/t42-/m1/s1. The highest BCUT2D eigenvalue weighted by Gasteiger charge is 2.27. The van der Waals surface area contributed by atoms with Crippen LogP contribution in [0.4, 0.5) is 0 Å². The fraction of sp³-hybridized carbons (Fsp3) is 0.761. The van der Waals surface area contributed by atoms with E-state index < -0.39 is 32.5 Å². The van der Waals surface area contributed by atoms with E-state index in [1.807, 2.05) is 33.3 Å². The number of carbonyl (C=O) groups is 3. The maximum absolute atomic E-state index is 12.7. The Morgan fingerprint density at radius 2 is 1.22 bits per heavy atom. The number of aryl methyl sites for hydroxylation is 2. The Morgan fingerprint density at radius 3 is 1.83 bits per heavy atom. The molecule has 1 heterocycles. The van der Waals surface area contributed by atoms with Crippen molar-refractivity contribution in [2.45, 2.75) is 181 Å². The van der Waals surface area contributed by atoms with E-state index in [2.05, 4.69) is 33.8 Å². The second kappa shape index (κ2) is 32.2. The van der Waals surface area contributed by atoms with Crippen molar-refractivity contribution in [1.82, 2.24) is 0 Å². The molecular formula is C46H81NO10P+. The van der Waals surface area contributed by atoms with E-state index in [1.54, 1.807) is 6.08 Å². The highest BCUT2D eigenvalue weighted by molar-refractivity contribution is 7.47. The quantitative estimate of drug-likeness (QED) is 0.0172. The van der Waals surface area contributed by atoms with Crippen LogP contribution >= 0.6 is 7.82 Å². The fourth-order valence-corrected chi connectivity index (χ4v) is 7.03. The van der Waals surface area contributed by atoms with Gasteiger partial charge in [0.15, 0.2) is 11.9 Å². The number of furan rings is 1. The van der Waals surface area contributed by atoms with E-state index in [-0.39, 0.29) is 31.8 Å². The molecule has 0 spiro atoms. The number of quaternary nitrogens is 1.